The summed E-state index contributed by atoms with van der Waals surface area (Å²) in [7, 11) is 4.79. The van der Waals surface area contributed by atoms with Crippen molar-refractivity contribution in [2.45, 2.75) is 18.4 Å². The maximum atomic E-state index is 12.4. The van der Waals surface area contributed by atoms with Gasteiger partial charge in [0.25, 0.3) is 5.91 Å². The largest absolute Gasteiger partial charge is 0.497 e. The van der Waals surface area contributed by atoms with Crippen LogP contribution in [0, 0.1) is 0 Å². The van der Waals surface area contributed by atoms with E-state index in [1.807, 2.05) is 0 Å². The highest BCUT2D eigenvalue weighted by Gasteiger charge is 2.34. The van der Waals surface area contributed by atoms with Gasteiger partial charge in [0.15, 0.2) is 0 Å². The lowest BCUT2D eigenvalue weighted by Crippen LogP contribution is -2.53. The van der Waals surface area contributed by atoms with E-state index in [-0.39, 0.29) is 23.9 Å². The fourth-order valence-electron chi connectivity index (χ4n) is 2.80. The molecule has 0 saturated carbocycles. The molecule has 1 aromatic rings. The van der Waals surface area contributed by atoms with Crippen LogP contribution in [0.15, 0.2) is 18.2 Å². The second kappa shape index (κ2) is 8.96. The summed E-state index contributed by atoms with van der Waals surface area (Å²) < 4.78 is 15.7. The lowest BCUT2D eigenvalue weighted by atomic mass is 9.98. The molecule has 23 heavy (non-hydrogen) atoms. The Kier molecular flexibility index (Phi) is 7.61. The van der Waals surface area contributed by atoms with Gasteiger partial charge < -0.3 is 24.8 Å². The van der Waals surface area contributed by atoms with Crippen LogP contribution in [0.25, 0.3) is 0 Å². The van der Waals surface area contributed by atoms with Crippen LogP contribution in [0.4, 0.5) is 0 Å². The van der Waals surface area contributed by atoms with Crippen LogP contribution in [-0.2, 0) is 4.74 Å². The Morgan fingerprint density at radius 1 is 1.30 bits per heavy atom. The number of methoxy groups -OCH3 is 3. The molecule has 7 heteroatoms. The first kappa shape index (κ1) is 19.5. The number of halogens is 1. The van der Waals surface area contributed by atoms with Crippen molar-refractivity contribution >= 4 is 18.3 Å². The summed E-state index contributed by atoms with van der Waals surface area (Å²) in [5.74, 6) is 0.988. The minimum absolute atomic E-state index is 0. The zero-order chi connectivity index (χ0) is 16.0. The quantitative estimate of drug-likeness (QED) is 0.786. The molecule has 130 valence electrons. The monoisotopic (exact) mass is 344 g/mol. The third kappa shape index (κ3) is 4.73. The van der Waals surface area contributed by atoms with Crippen molar-refractivity contribution in [3.63, 3.8) is 0 Å². The Bertz CT molecular complexity index is 519. The molecule has 1 aliphatic rings. The van der Waals surface area contributed by atoms with Crippen molar-refractivity contribution in [2.24, 2.45) is 0 Å². The van der Waals surface area contributed by atoms with Crippen molar-refractivity contribution in [2.75, 3.05) is 41.0 Å². The van der Waals surface area contributed by atoms with Crippen molar-refractivity contribution in [3.05, 3.63) is 23.8 Å². The molecule has 1 fully saturated rings. The molecule has 2 N–H and O–H groups in total. The predicted molar refractivity (Wildman–Crippen MR) is 91.0 cm³/mol. The Labute approximate surface area is 143 Å². The minimum atomic E-state index is -0.176. The van der Waals surface area contributed by atoms with Crippen LogP contribution in [0.1, 0.15) is 23.2 Å². The van der Waals surface area contributed by atoms with Gasteiger partial charge in [0.1, 0.15) is 11.5 Å². The maximum absolute atomic E-state index is 12.4. The molecule has 0 aliphatic carbocycles. The Morgan fingerprint density at radius 3 is 2.65 bits per heavy atom. The van der Waals surface area contributed by atoms with Crippen molar-refractivity contribution in [1.82, 2.24) is 10.6 Å². The molecule has 6 nitrogen and oxygen atoms in total. The molecular weight excluding hydrogens is 320 g/mol. The molecule has 0 spiro atoms. The predicted octanol–water partition coefficient (Wildman–Crippen LogP) is 1.62. The topological polar surface area (TPSA) is 68.8 Å². The number of carbonyl (C=O) groups is 1. The second-order valence-corrected chi connectivity index (χ2v) is 5.49. The molecule has 2 rings (SSSR count). The molecule has 1 atom stereocenters. The summed E-state index contributed by atoms with van der Waals surface area (Å²) in [6.07, 6.45) is 2.08. The molecule has 1 unspecified atom stereocenters. The summed E-state index contributed by atoms with van der Waals surface area (Å²) >= 11 is 0. The van der Waals surface area contributed by atoms with E-state index in [9.17, 15) is 4.79 Å². The molecule has 1 aliphatic heterocycles. The normalized spacial score (nSPS) is 19.8. The highest BCUT2D eigenvalue weighted by Crippen LogP contribution is 2.25. The van der Waals surface area contributed by atoms with Crippen LogP contribution in [0.2, 0.25) is 0 Å². The van der Waals surface area contributed by atoms with Gasteiger partial charge in [-0.2, -0.15) is 0 Å². The maximum Gasteiger partial charge on any atom is 0.255 e. The van der Waals surface area contributed by atoms with E-state index in [1.165, 1.54) is 7.11 Å². The molecular formula is C16H25ClN2O4. The average Bonchev–Trinajstić information content (AvgIpc) is 3.01. The number of benzene rings is 1. The van der Waals surface area contributed by atoms with Gasteiger partial charge in [-0.1, -0.05) is 0 Å². The SMILES string of the molecule is COCC1(CNC(=O)c2ccc(OC)cc2OC)CCCN1.Cl. The highest BCUT2D eigenvalue weighted by atomic mass is 35.5. The number of rotatable bonds is 7. The van der Waals surface area contributed by atoms with Gasteiger partial charge in [-0.25, -0.2) is 0 Å². The van der Waals surface area contributed by atoms with Crippen LogP contribution >= 0.6 is 12.4 Å². The number of nitrogens with one attached hydrogen (secondary N) is 2. The van der Waals surface area contributed by atoms with Crippen LogP contribution in [0.5, 0.6) is 11.5 Å². The highest BCUT2D eigenvalue weighted by molar-refractivity contribution is 5.97. The molecule has 0 aromatic heterocycles. The van der Waals surface area contributed by atoms with Gasteiger partial charge in [0, 0.05) is 19.7 Å². The molecule has 0 bridgehead atoms. The fraction of sp³-hybridized carbons (Fsp3) is 0.562. The summed E-state index contributed by atoms with van der Waals surface area (Å²) in [5, 5.41) is 6.41. The fourth-order valence-corrected chi connectivity index (χ4v) is 2.80. The summed E-state index contributed by atoms with van der Waals surface area (Å²) in [6, 6.07) is 5.15. The summed E-state index contributed by atoms with van der Waals surface area (Å²) in [4.78, 5) is 12.4. The Morgan fingerprint density at radius 2 is 2.09 bits per heavy atom. The number of hydrogen-bond donors (Lipinski definition) is 2. The molecule has 1 amide bonds. The van der Waals surface area contributed by atoms with E-state index in [0.29, 0.717) is 30.2 Å². The summed E-state index contributed by atoms with van der Waals surface area (Å²) in [5.41, 5.74) is 0.318. The van der Waals surface area contributed by atoms with Gasteiger partial charge >= 0.3 is 0 Å². The van der Waals surface area contributed by atoms with Crippen molar-refractivity contribution < 1.29 is 19.0 Å². The molecule has 1 saturated heterocycles. The third-order valence-corrected chi connectivity index (χ3v) is 3.99. The smallest absolute Gasteiger partial charge is 0.255 e. The molecule has 1 heterocycles. The van der Waals surface area contributed by atoms with Crippen LogP contribution < -0.4 is 20.1 Å². The number of carbonyl (C=O) groups excluding carboxylic acids is 1. The van der Waals surface area contributed by atoms with E-state index in [0.717, 1.165) is 19.4 Å². The first-order valence-corrected chi connectivity index (χ1v) is 7.38. The van der Waals surface area contributed by atoms with Gasteiger partial charge in [-0.3, -0.25) is 4.79 Å². The van der Waals surface area contributed by atoms with E-state index in [4.69, 9.17) is 14.2 Å². The molecule has 0 radical (unpaired) electrons. The summed E-state index contributed by atoms with van der Waals surface area (Å²) in [6.45, 7) is 2.05. The average molecular weight is 345 g/mol. The van der Waals surface area contributed by atoms with Gasteiger partial charge in [-0.05, 0) is 31.5 Å². The lowest BCUT2D eigenvalue weighted by molar-refractivity contribution is 0.0889. The van der Waals surface area contributed by atoms with Crippen LogP contribution in [-0.4, -0.2) is 52.5 Å². The van der Waals surface area contributed by atoms with Gasteiger partial charge in [0.05, 0.1) is 31.9 Å². The lowest BCUT2D eigenvalue weighted by Gasteiger charge is -2.29. The number of amides is 1. The van der Waals surface area contributed by atoms with E-state index in [2.05, 4.69) is 10.6 Å². The van der Waals surface area contributed by atoms with Crippen LogP contribution in [0.3, 0.4) is 0 Å². The second-order valence-electron chi connectivity index (χ2n) is 5.49. The first-order valence-electron chi connectivity index (χ1n) is 7.38. The van der Waals surface area contributed by atoms with Crippen molar-refractivity contribution in [3.8, 4) is 11.5 Å². The standard InChI is InChI=1S/C16H24N2O4.ClH/c1-20-11-16(7-4-8-18-16)10-17-15(19)13-6-5-12(21-2)9-14(13)22-3;/h5-6,9,18H,4,7-8,10-11H2,1-3H3,(H,17,19);1H. The number of hydrogen-bond acceptors (Lipinski definition) is 5. The van der Waals surface area contributed by atoms with Gasteiger partial charge in [-0.15, -0.1) is 12.4 Å². The number of ether oxygens (including phenoxy) is 3. The minimum Gasteiger partial charge on any atom is -0.497 e. The first-order chi connectivity index (χ1) is 10.6. The molecule has 1 aromatic carbocycles. The van der Waals surface area contributed by atoms with E-state index in [1.54, 1.807) is 32.4 Å². The zero-order valence-corrected chi connectivity index (χ0v) is 14.6. The third-order valence-electron chi connectivity index (χ3n) is 3.99. The Hall–Kier alpha value is -1.50. The van der Waals surface area contributed by atoms with E-state index < -0.39 is 0 Å². The van der Waals surface area contributed by atoms with Crippen molar-refractivity contribution in [1.29, 1.82) is 0 Å². The Balaban J connectivity index is 0.00000264. The van der Waals surface area contributed by atoms with E-state index >= 15 is 0 Å². The van der Waals surface area contributed by atoms with Gasteiger partial charge in [0.2, 0.25) is 0 Å². The zero-order valence-electron chi connectivity index (χ0n) is 13.8.